The molecule has 0 rings (SSSR count). The lowest BCUT2D eigenvalue weighted by Crippen LogP contribution is -2.37. The fourth-order valence-electron chi connectivity index (χ4n) is 1.70. The molecule has 1 unspecified atom stereocenters. The van der Waals surface area contributed by atoms with Crippen molar-refractivity contribution in [1.29, 1.82) is 0 Å². The molecule has 1 atom stereocenters. The molecule has 0 heterocycles. The number of carboxylic acid groups (broad SMARTS) is 1. The summed E-state index contributed by atoms with van der Waals surface area (Å²) in [5.74, 6) is -1.28. The predicted octanol–water partition coefficient (Wildman–Crippen LogP) is 5.18. The Hall–Kier alpha value is -1.32. The zero-order valence-corrected chi connectivity index (χ0v) is 11.1. The van der Waals surface area contributed by atoms with Crippen molar-refractivity contribution in [1.82, 2.24) is 0 Å². The molecule has 0 saturated carbocycles. The topological polar surface area (TPSA) is 63.6 Å². The molecule has 0 fully saturated rings. The Morgan fingerprint density at radius 3 is 1.86 bits per heavy atom. The van der Waals surface area contributed by atoms with E-state index in [1.54, 1.807) is 20.8 Å². The minimum absolute atomic E-state index is 0. The molecule has 0 bridgehead atoms. The Bertz CT molecular complexity index is 308. The molecule has 0 aromatic carbocycles. The first-order valence-corrected chi connectivity index (χ1v) is 5.71. The average molecular weight is 306 g/mol. The molecule has 21 heavy (non-hydrogen) atoms. The van der Waals surface area contributed by atoms with Crippen LogP contribution in [0.3, 0.4) is 0 Å². The number of ether oxygens (including phenoxy) is 1. The van der Waals surface area contributed by atoms with Crippen molar-refractivity contribution in [2.45, 2.75) is 70.2 Å². The van der Waals surface area contributed by atoms with Gasteiger partial charge in [0.05, 0.1) is 10.8 Å². The largest absolute Gasteiger partial charge is 0.481 e. The molecule has 1 N–H and O–H groups in total. The van der Waals surface area contributed by atoms with Gasteiger partial charge in [-0.1, -0.05) is 49.3 Å². The van der Waals surface area contributed by atoms with Crippen LogP contribution in [-0.2, 0) is 14.3 Å². The number of esters is 1. The summed E-state index contributed by atoms with van der Waals surface area (Å²) >= 11 is 0. The molecule has 0 aliphatic heterocycles. The second-order valence-corrected chi connectivity index (χ2v) is 5.17. The second kappa shape index (κ2) is 12.4. The predicted molar refractivity (Wildman–Crippen MR) is 92.5 cm³/mol. The third-order valence-corrected chi connectivity index (χ3v) is 3.02. The van der Waals surface area contributed by atoms with Gasteiger partial charge >= 0.3 is 11.9 Å². The van der Waals surface area contributed by atoms with Crippen molar-refractivity contribution >= 4 is 11.9 Å². The van der Waals surface area contributed by atoms with Gasteiger partial charge in [-0.2, -0.15) is 0 Å². The summed E-state index contributed by atoms with van der Waals surface area (Å²) < 4.78 is 5.02. The van der Waals surface area contributed by atoms with Gasteiger partial charge in [0, 0.05) is 0 Å². The highest BCUT2D eigenvalue weighted by atomic mass is 16.5. The monoisotopic (exact) mass is 306 g/mol. The third kappa shape index (κ3) is 9.27. The van der Waals surface area contributed by atoms with E-state index in [0.717, 1.165) is 0 Å². The lowest BCUT2D eigenvalue weighted by molar-refractivity contribution is -0.159. The van der Waals surface area contributed by atoms with E-state index in [2.05, 4.69) is 6.58 Å². The number of hydrogen-bond donors (Lipinski definition) is 1. The van der Waals surface area contributed by atoms with Crippen molar-refractivity contribution in [2.24, 2.45) is 10.8 Å². The summed E-state index contributed by atoms with van der Waals surface area (Å²) in [5.41, 5.74) is -1.72. The molecule has 0 amide bonds. The molecule has 130 valence electrons. The number of carbonyl (C=O) groups excluding carboxylic acids is 1. The van der Waals surface area contributed by atoms with Crippen LogP contribution < -0.4 is 0 Å². The quantitative estimate of drug-likeness (QED) is 0.520. The summed E-state index contributed by atoms with van der Waals surface area (Å²) in [5, 5.41) is 9.09. The smallest absolute Gasteiger partial charge is 0.312 e. The van der Waals surface area contributed by atoms with E-state index in [1.165, 1.54) is 6.08 Å². The van der Waals surface area contributed by atoms with Crippen LogP contribution in [0, 0.1) is 10.8 Å². The van der Waals surface area contributed by atoms with Crippen molar-refractivity contribution < 1.29 is 19.4 Å². The maximum atomic E-state index is 11.9. The third-order valence-electron chi connectivity index (χ3n) is 3.02. The number of carboxylic acids is 1. The van der Waals surface area contributed by atoms with Crippen LogP contribution in [0.4, 0.5) is 0 Å². The van der Waals surface area contributed by atoms with Gasteiger partial charge in [-0.05, 0) is 33.6 Å². The summed E-state index contributed by atoms with van der Waals surface area (Å²) in [6.45, 7) is 10.5. The molecule has 0 saturated heterocycles. The number of hydrogen-bond acceptors (Lipinski definition) is 3. The van der Waals surface area contributed by atoms with Crippen LogP contribution in [0.15, 0.2) is 12.7 Å². The fraction of sp³-hybridized carbons (Fsp3) is 0.765. The maximum absolute atomic E-state index is 11.9. The highest BCUT2D eigenvalue weighted by molar-refractivity contribution is 5.79. The standard InChI is InChI=1S/C13H22O4.4CH4/c1-6-8-17-11(16)13(5,7-2)9-12(3,4)10(14)15;;;;/h6H,1,7-9H2,2-5H3,(H,14,15);4*1H4. The molecule has 4 heteroatoms. The van der Waals surface area contributed by atoms with Crippen LogP contribution >= 0.6 is 0 Å². The highest BCUT2D eigenvalue weighted by Gasteiger charge is 2.41. The lowest BCUT2D eigenvalue weighted by atomic mass is 9.72. The Labute approximate surface area is 132 Å². The maximum Gasteiger partial charge on any atom is 0.312 e. The van der Waals surface area contributed by atoms with Gasteiger partial charge in [0.2, 0.25) is 0 Å². The Kier molecular flexibility index (Phi) is 18.9. The van der Waals surface area contributed by atoms with Gasteiger partial charge in [-0.15, -0.1) is 0 Å². The van der Waals surface area contributed by atoms with Crippen LogP contribution in [0.25, 0.3) is 0 Å². The van der Waals surface area contributed by atoms with Gasteiger partial charge in [0.15, 0.2) is 0 Å². The molecule has 0 aromatic rings. The van der Waals surface area contributed by atoms with Crippen molar-refractivity contribution in [3.05, 3.63) is 12.7 Å². The van der Waals surface area contributed by atoms with Crippen molar-refractivity contribution in [2.75, 3.05) is 6.61 Å². The summed E-state index contributed by atoms with van der Waals surface area (Å²) in [7, 11) is 0. The first-order valence-electron chi connectivity index (χ1n) is 5.71. The minimum Gasteiger partial charge on any atom is -0.481 e. The summed E-state index contributed by atoms with van der Waals surface area (Å²) in [6.07, 6.45) is 2.29. The minimum atomic E-state index is -0.946. The van der Waals surface area contributed by atoms with E-state index in [4.69, 9.17) is 9.84 Å². The van der Waals surface area contributed by atoms with Gasteiger partial charge in [0.25, 0.3) is 0 Å². The zero-order chi connectivity index (χ0) is 13.7. The van der Waals surface area contributed by atoms with Gasteiger partial charge in [-0.25, -0.2) is 0 Å². The molecular weight excluding hydrogens is 268 g/mol. The van der Waals surface area contributed by atoms with Gasteiger partial charge in [0.1, 0.15) is 6.61 Å². The number of rotatable bonds is 7. The van der Waals surface area contributed by atoms with Gasteiger partial charge in [-0.3, -0.25) is 9.59 Å². The van der Waals surface area contributed by atoms with Crippen molar-refractivity contribution in [3.8, 4) is 0 Å². The SMILES string of the molecule is C.C.C.C.C=CCOC(=O)C(C)(CC)CC(C)(C)C(=O)O. The fourth-order valence-corrected chi connectivity index (χ4v) is 1.70. The summed E-state index contributed by atoms with van der Waals surface area (Å²) in [4.78, 5) is 23.0. The normalized spacial score (nSPS) is 12.0. The van der Waals surface area contributed by atoms with Crippen molar-refractivity contribution in [3.63, 3.8) is 0 Å². The van der Waals surface area contributed by atoms with Crippen LogP contribution in [0.2, 0.25) is 0 Å². The van der Waals surface area contributed by atoms with E-state index in [1.807, 2.05) is 6.92 Å². The first-order chi connectivity index (χ1) is 7.69. The van der Waals surface area contributed by atoms with E-state index in [-0.39, 0.29) is 48.7 Å². The molecule has 0 radical (unpaired) electrons. The van der Waals surface area contributed by atoms with E-state index in [0.29, 0.717) is 6.42 Å². The molecule has 0 aliphatic rings. The average Bonchev–Trinajstić information content (AvgIpc) is 2.24. The highest BCUT2D eigenvalue weighted by Crippen LogP contribution is 2.37. The van der Waals surface area contributed by atoms with E-state index in [9.17, 15) is 9.59 Å². The first kappa shape index (κ1) is 31.9. The molecule has 0 aliphatic carbocycles. The molecule has 0 aromatic heterocycles. The van der Waals surface area contributed by atoms with Crippen LogP contribution in [0.1, 0.15) is 70.2 Å². The summed E-state index contributed by atoms with van der Waals surface area (Å²) in [6, 6.07) is 0. The van der Waals surface area contributed by atoms with Crippen LogP contribution in [0.5, 0.6) is 0 Å². The molecule has 4 nitrogen and oxygen atoms in total. The Morgan fingerprint density at radius 2 is 1.57 bits per heavy atom. The number of carbonyl (C=O) groups is 2. The Balaban J connectivity index is -0.000000213. The molecular formula is C17H38O4. The Morgan fingerprint density at radius 1 is 1.14 bits per heavy atom. The lowest BCUT2D eigenvalue weighted by Gasteiger charge is -2.32. The van der Waals surface area contributed by atoms with Crippen LogP contribution in [-0.4, -0.2) is 23.7 Å². The molecule has 0 spiro atoms. The zero-order valence-electron chi connectivity index (χ0n) is 11.1. The second-order valence-electron chi connectivity index (χ2n) is 5.17. The van der Waals surface area contributed by atoms with Gasteiger partial charge < -0.3 is 9.84 Å². The number of aliphatic carboxylic acids is 1. The van der Waals surface area contributed by atoms with E-state index >= 15 is 0 Å². The van der Waals surface area contributed by atoms with E-state index < -0.39 is 16.8 Å².